The lowest BCUT2D eigenvalue weighted by Crippen LogP contribution is -2.29. The molecule has 0 unspecified atom stereocenters. The Labute approximate surface area is 116 Å². The van der Waals surface area contributed by atoms with Crippen molar-refractivity contribution in [2.45, 2.75) is 26.4 Å². The molecule has 0 spiro atoms. The van der Waals surface area contributed by atoms with E-state index in [9.17, 15) is 13.2 Å². The van der Waals surface area contributed by atoms with E-state index >= 15 is 0 Å². The third-order valence-electron chi connectivity index (χ3n) is 2.46. The molecule has 2 nitrogen and oxygen atoms in total. The monoisotopic (exact) mass is 290 g/mol. The molecule has 0 heterocycles. The highest BCUT2D eigenvalue weighted by Crippen LogP contribution is 2.30. The quantitative estimate of drug-likeness (QED) is 0.818. The van der Waals surface area contributed by atoms with Crippen molar-refractivity contribution in [3.8, 4) is 0 Å². The van der Waals surface area contributed by atoms with Gasteiger partial charge in [0, 0.05) is 12.2 Å². The minimum Gasteiger partial charge on any atom is -0.362 e. The predicted molar refractivity (Wildman–Crippen MR) is 75.1 cm³/mol. The second-order valence-electron chi connectivity index (χ2n) is 4.64. The highest BCUT2D eigenvalue weighted by Gasteiger charge is 2.30. The largest absolute Gasteiger partial charge is 0.416 e. The molecule has 0 amide bonds. The van der Waals surface area contributed by atoms with Crippen LogP contribution in [0.4, 0.5) is 18.9 Å². The molecule has 0 aliphatic carbocycles. The first-order valence-corrected chi connectivity index (χ1v) is 6.42. The highest BCUT2D eigenvalue weighted by molar-refractivity contribution is 7.80. The molecule has 6 heteroatoms. The predicted octanol–water partition coefficient (Wildman–Crippen LogP) is 4.04. The number of benzene rings is 1. The van der Waals surface area contributed by atoms with Crippen molar-refractivity contribution in [1.82, 2.24) is 5.32 Å². The average Bonchev–Trinajstić information content (AvgIpc) is 2.27. The highest BCUT2D eigenvalue weighted by atomic mass is 32.1. The van der Waals surface area contributed by atoms with Crippen molar-refractivity contribution in [3.63, 3.8) is 0 Å². The maximum absolute atomic E-state index is 12.5. The zero-order chi connectivity index (χ0) is 14.5. The Hall–Kier alpha value is -1.30. The number of nitrogens with one attached hydrogen (secondary N) is 2. The van der Waals surface area contributed by atoms with Gasteiger partial charge in [0.2, 0.25) is 0 Å². The fourth-order valence-corrected chi connectivity index (χ4v) is 1.64. The van der Waals surface area contributed by atoms with Crippen LogP contribution in [0.25, 0.3) is 0 Å². The van der Waals surface area contributed by atoms with Gasteiger partial charge in [-0.25, -0.2) is 0 Å². The maximum atomic E-state index is 12.5. The van der Waals surface area contributed by atoms with Gasteiger partial charge in [-0.2, -0.15) is 13.2 Å². The molecule has 0 radical (unpaired) electrons. The van der Waals surface area contributed by atoms with Crippen molar-refractivity contribution < 1.29 is 13.2 Å². The first-order chi connectivity index (χ1) is 8.79. The first-order valence-electron chi connectivity index (χ1n) is 6.01. The Balaban J connectivity index is 2.55. The molecule has 1 rings (SSSR count). The van der Waals surface area contributed by atoms with Crippen LogP contribution in [0.5, 0.6) is 0 Å². The number of thiocarbonyl (C=S) groups is 1. The van der Waals surface area contributed by atoms with Gasteiger partial charge in [0.15, 0.2) is 5.11 Å². The summed E-state index contributed by atoms with van der Waals surface area (Å²) in [4.78, 5) is 0. The third-order valence-corrected chi connectivity index (χ3v) is 2.70. The number of hydrogen-bond donors (Lipinski definition) is 2. The van der Waals surface area contributed by atoms with Gasteiger partial charge in [-0.1, -0.05) is 19.9 Å². The number of hydrogen-bond acceptors (Lipinski definition) is 1. The van der Waals surface area contributed by atoms with Gasteiger partial charge in [0.1, 0.15) is 0 Å². The molecule has 106 valence electrons. The van der Waals surface area contributed by atoms with E-state index in [0.717, 1.165) is 18.6 Å². The summed E-state index contributed by atoms with van der Waals surface area (Å²) in [5, 5.41) is 6.04. The van der Waals surface area contributed by atoms with Crippen molar-refractivity contribution in [3.05, 3.63) is 29.8 Å². The van der Waals surface area contributed by atoms with Crippen molar-refractivity contribution in [2.75, 3.05) is 11.9 Å². The summed E-state index contributed by atoms with van der Waals surface area (Å²) >= 11 is 5.02. The number of alkyl halides is 3. The lowest BCUT2D eigenvalue weighted by molar-refractivity contribution is -0.137. The van der Waals surface area contributed by atoms with E-state index in [1.54, 1.807) is 6.07 Å². The fourth-order valence-electron chi connectivity index (χ4n) is 1.42. The lowest BCUT2D eigenvalue weighted by Gasteiger charge is -2.13. The second-order valence-corrected chi connectivity index (χ2v) is 5.05. The number of anilines is 1. The molecule has 0 saturated carbocycles. The summed E-state index contributed by atoms with van der Waals surface area (Å²) in [6.07, 6.45) is -3.39. The molecule has 0 aliphatic heterocycles. The van der Waals surface area contributed by atoms with Gasteiger partial charge in [-0.05, 0) is 42.8 Å². The molecule has 0 aromatic heterocycles. The zero-order valence-electron chi connectivity index (χ0n) is 10.8. The Morgan fingerprint density at radius 3 is 2.58 bits per heavy atom. The minimum absolute atomic E-state index is 0.330. The SMILES string of the molecule is CC(C)CCNC(=S)Nc1cccc(C(F)(F)F)c1. The molecule has 0 fully saturated rings. The summed E-state index contributed by atoms with van der Waals surface area (Å²) in [7, 11) is 0. The average molecular weight is 290 g/mol. The summed E-state index contributed by atoms with van der Waals surface area (Å²) in [6, 6.07) is 4.96. The van der Waals surface area contributed by atoms with Gasteiger partial charge in [0.05, 0.1) is 5.56 Å². The molecule has 1 aromatic rings. The van der Waals surface area contributed by atoms with Gasteiger partial charge in [-0.3, -0.25) is 0 Å². The van der Waals surface area contributed by atoms with Crippen LogP contribution in [0.2, 0.25) is 0 Å². The van der Waals surface area contributed by atoms with E-state index in [4.69, 9.17) is 12.2 Å². The fraction of sp³-hybridized carbons (Fsp3) is 0.462. The summed E-state index contributed by atoms with van der Waals surface area (Å²) in [5.41, 5.74) is -0.362. The molecular weight excluding hydrogens is 273 g/mol. The van der Waals surface area contributed by atoms with Crippen LogP contribution >= 0.6 is 12.2 Å². The molecule has 0 aliphatic rings. The Bertz CT molecular complexity index is 430. The molecule has 1 aromatic carbocycles. The topological polar surface area (TPSA) is 24.1 Å². The summed E-state index contributed by atoms with van der Waals surface area (Å²) in [6.45, 7) is 4.87. The molecule has 0 saturated heterocycles. The van der Waals surface area contributed by atoms with Crippen LogP contribution in [0.15, 0.2) is 24.3 Å². The number of halogens is 3. The normalized spacial score (nSPS) is 11.5. The summed E-state index contributed by atoms with van der Waals surface area (Å²) < 4.78 is 37.6. The molecule has 19 heavy (non-hydrogen) atoms. The molecule has 0 atom stereocenters. The zero-order valence-corrected chi connectivity index (χ0v) is 11.7. The summed E-state index contributed by atoms with van der Waals surface area (Å²) in [5.74, 6) is 0.545. The maximum Gasteiger partial charge on any atom is 0.416 e. The van der Waals surface area contributed by atoms with Crippen molar-refractivity contribution >= 4 is 23.0 Å². The van der Waals surface area contributed by atoms with Crippen LogP contribution < -0.4 is 10.6 Å². The molecule has 0 bridgehead atoms. The van der Waals surface area contributed by atoms with E-state index in [2.05, 4.69) is 24.5 Å². The second kappa shape index (κ2) is 6.75. The molecule has 2 N–H and O–H groups in total. The van der Waals surface area contributed by atoms with Crippen molar-refractivity contribution in [2.24, 2.45) is 5.92 Å². The Kier molecular flexibility index (Phi) is 5.60. The Morgan fingerprint density at radius 2 is 2.00 bits per heavy atom. The molecular formula is C13H17F3N2S. The van der Waals surface area contributed by atoms with Crippen LogP contribution in [0, 0.1) is 5.92 Å². The van der Waals surface area contributed by atoms with E-state index in [-0.39, 0.29) is 0 Å². The van der Waals surface area contributed by atoms with Gasteiger partial charge in [0.25, 0.3) is 0 Å². The Morgan fingerprint density at radius 1 is 1.32 bits per heavy atom. The third kappa shape index (κ3) is 5.92. The van der Waals surface area contributed by atoms with Gasteiger partial charge < -0.3 is 10.6 Å². The van der Waals surface area contributed by atoms with Crippen LogP contribution in [-0.2, 0) is 6.18 Å². The van der Waals surface area contributed by atoms with Gasteiger partial charge in [-0.15, -0.1) is 0 Å². The minimum atomic E-state index is -4.34. The van der Waals surface area contributed by atoms with E-state index < -0.39 is 11.7 Å². The van der Waals surface area contributed by atoms with Crippen LogP contribution in [-0.4, -0.2) is 11.7 Å². The van der Waals surface area contributed by atoms with Gasteiger partial charge >= 0.3 is 6.18 Å². The van der Waals surface area contributed by atoms with Crippen LogP contribution in [0.3, 0.4) is 0 Å². The standard InChI is InChI=1S/C13H17F3N2S/c1-9(2)6-7-17-12(19)18-11-5-3-4-10(8-11)13(14,15)16/h3-5,8-9H,6-7H2,1-2H3,(H2,17,18,19). The number of rotatable bonds is 4. The smallest absolute Gasteiger partial charge is 0.362 e. The van der Waals surface area contributed by atoms with E-state index in [1.807, 2.05) is 0 Å². The van der Waals surface area contributed by atoms with E-state index in [0.29, 0.717) is 23.3 Å². The van der Waals surface area contributed by atoms with Crippen molar-refractivity contribution in [1.29, 1.82) is 0 Å². The first kappa shape index (κ1) is 15.8. The van der Waals surface area contributed by atoms with Crippen LogP contribution in [0.1, 0.15) is 25.8 Å². The lowest BCUT2D eigenvalue weighted by atomic mass is 10.1. The van der Waals surface area contributed by atoms with E-state index in [1.165, 1.54) is 6.07 Å².